The molecule has 1 saturated heterocycles. The van der Waals surface area contributed by atoms with Crippen molar-refractivity contribution in [1.29, 1.82) is 0 Å². The number of amides is 2. The molecular weight excluding hydrogens is 318 g/mol. The maximum Gasteiger partial charge on any atom is 0.242 e. The number of rotatable bonds is 8. The first-order chi connectivity index (χ1) is 12.0. The SMILES string of the molecule is CC(C)[C@H](N)C(=O)NCC(=O)N(CCc1ccccc1)C1CCOC1. The number of hydrogen-bond donors (Lipinski definition) is 2. The minimum absolute atomic E-state index is 0.0233. The number of nitrogens with two attached hydrogens (primary N) is 1. The van der Waals surface area contributed by atoms with Crippen LogP contribution in [0.25, 0.3) is 0 Å². The Morgan fingerprint density at radius 1 is 1.32 bits per heavy atom. The molecule has 2 rings (SSSR count). The fourth-order valence-electron chi connectivity index (χ4n) is 2.86. The van der Waals surface area contributed by atoms with Gasteiger partial charge in [-0.3, -0.25) is 9.59 Å². The van der Waals surface area contributed by atoms with Crippen LogP contribution in [0.15, 0.2) is 30.3 Å². The molecule has 1 fully saturated rings. The zero-order valence-electron chi connectivity index (χ0n) is 15.1. The molecule has 1 unspecified atom stereocenters. The van der Waals surface area contributed by atoms with E-state index < -0.39 is 6.04 Å². The van der Waals surface area contributed by atoms with E-state index in [9.17, 15) is 9.59 Å². The number of carbonyl (C=O) groups excluding carboxylic acids is 2. The lowest BCUT2D eigenvalue weighted by Gasteiger charge is -2.28. The van der Waals surface area contributed by atoms with E-state index in [4.69, 9.17) is 10.5 Å². The Labute approximate surface area is 149 Å². The van der Waals surface area contributed by atoms with Crippen LogP contribution in [0.3, 0.4) is 0 Å². The van der Waals surface area contributed by atoms with Gasteiger partial charge < -0.3 is 20.7 Å². The van der Waals surface area contributed by atoms with Crippen LogP contribution in [0, 0.1) is 5.92 Å². The molecule has 1 heterocycles. The third-order valence-corrected chi connectivity index (χ3v) is 4.59. The molecular formula is C19H29N3O3. The van der Waals surface area contributed by atoms with Gasteiger partial charge in [-0.15, -0.1) is 0 Å². The van der Waals surface area contributed by atoms with E-state index >= 15 is 0 Å². The Balaban J connectivity index is 1.92. The molecule has 6 nitrogen and oxygen atoms in total. The Morgan fingerprint density at radius 2 is 2.04 bits per heavy atom. The van der Waals surface area contributed by atoms with Crippen LogP contribution in [0.4, 0.5) is 0 Å². The van der Waals surface area contributed by atoms with Gasteiger partial charge in [-0.25, -0.2) is 0 Å². The Kier molecular flexibility index (Phi) is 7.40. The number of nitrogens with zero attached hydrogens (tertiary/aromatic N) is 1. The van der Waals surface area contributed by atoms with E-state index in [1.165, 1.54) is 5.56 Å². The van der Waals surface area contributed by atoms with E-state index in [1.54, 1.807) is 0 Å². The smallest absolute Gasteiger partial charge is 0.242 e. The first-order valence-electron chi connectivity index (χ1n) is 8.93. The van der Waals surface area contributed by atoms with Gasteiger partial charge in [-0.1, -0.05) is 44.2 Å². The highest BCUT2D eigenvalue weighted by Crippen LogP contribution is 2.14. The minimum Gasteiger partial charge on any atom is -0.379 e. The fourth-order valence-corrected chi connectivity index (χ4v) is 2.86. The molecule has 2 atom stereocenters. The van der Waals surface area contributed by atoms with Gasteiger partial charge in [-0.05, 0) is 24.3 Å². The van der Waals surface area contributed by atoms with Crippen molar-refractivity contribution in [1.82, 2.24) is 10.2 Å². The van der Waals surface area contributed by atoms with Crippen LogP contribution in [0.1, 0.15) is 25.8 Å². The third kappa shape index (κ3) is 5.83. The number of hydrogen-bond acceptors (Lipinski definition) is 4. The molecule has 3 N–H and O–H groups in total. The molecule has 6 heteroatoms. The zero-order chi connectivity index (χ0) is 18.2. The second-order valence-corrected chi connectivity index (χ2v) is 6.83. The quantitative estimate of drug-likeness (QED) is 0.733. The van der Waals surface area contributed by atoms with E-state index in [2.05, 4.69) is 17.4 Å². The molecule has 0 aliphatic carbocycles. The Bertz CT molecular complexity index is 556. The van der Waals surface area contributed by atoms with Crippen LogP contribution in [0.5, 0.6) is 0 Å². The van der Waals surface area contributed by atoms with Crippen LogP contribution in [0.2, 0.25) is 0 Å². The summed E-state index contributed by atoms with van der Waals surface area (Å²) >= 11 is 0. The highest BCUT2D eigenvalue weighted by Gasteiger charge is 2.27. The molecule has 2 amide bonds. The van der Waals surface area contributed by atoms with Gasteiger partial charge in [-0.2, -0.15) is 0 Å². The van der Waals surface area contributed by atoms with Crippen molar-refractivity contribution >= 4 is 11.8 Å². The molecule has 138 valence electrons. The first kappa shape index (κ1) is 19.4. The summed E-state index contributed by atoms with van der Waals surface area (Å²) in [6, 6.07) is 9.55. The highest BCUT2D eigenvalue weighted by molar-refractivity contribution is 5.87. The molecule has 1 aromatic rings. The van der Waals surface area contributed by atoms with E-state index in [0.29, 0.717) is 19.8 Å². The van der Waals surface area contributed by atoms with Crippen molar-refractivity contribution in [3.8, 4) is 0 Å². The fraction of sp³-hybridized carbons (Fsp3) is 0.579. The van der Waals surface area contributed by atoms with Crippen LogP contribution < -0.4 is 11.1 Å². The van der Waals surface area contributed by atoms with Crippen LogP contribution >= 0.6 is 0 Å². The summed E-state index contributed by atoms with van der Waals surface area (Å²) in [5, 5.41) is 2.67. The minimum atomic E-state index is -0.597. The summed E-state index contributed by atoms with van der Waals surface area (Å²) in [4.78, 5) is 26.5. The molecule has 1 aromatic carbocycles. The summed E-state index contributed by atoms with van der Waals surface area (Å²) < 4.78 is 5.43. The second-order valence-electron chi connectivity index (χ2n) is 6.83. The molecule has 25 heavy (non-hydrogen) atoms. The summed E-state index contributed by atoms with van der Waals surface area (Å²) in [5.41, 5.74) is 7.01. The average Bonchev–Trinajstić information content (AvgIpc) is 3.14. The van der Waals surface area contributed by atoms with E-state index in [1.807, 2.05) is 36.9 Å². The largest absolute Gasteiger partial charge is 0.379 e. The molecule has 0 aromatic heterocycles. The maximum atomic E-state index is 12.7. The monoisotopic (exact) mass is 347 g/mol. The van der Waals surface area contributed by atoms with Crippen LogP contribution in [-0.2, 0) is 20.7 Å². The van der Waals surface area contributed by atoms with Gasteiger partial charge >= 0.3 is 0 Å². The number of benzene rings is 1. The van der Waals surface area contributed by atoms with Crippen molar-refractivity contribution in [2.24, 2.45) is 11.7 Å². The summed E-state index contributed by atoms with van der Waals surface area (Å²) in [7, 11) is 0. The Hall–Kier alpha value is -1.92. The summed E-state index contributed by atoms with van der Waals surface area (Å²) in [6.45, 7) is 5.58. The average molecular weight is 347 g/mol. The molecule has 1 aliphatic heterocycles. The predicted octanol–water partition coefficient (Wildman–Crippen LogP) is 0.946. The van der Waals surface area contributed by atoms with Gasteiger partial charge in [0.05, 0.1) is 25.2 Å². The van der Waals surface area contributed by atoms with Crippen LogP contribution in [-0.4, -0.2) is 55.1 Å². The maximum absolute atomic E-state index is 12.7. The lowest BCUT2D eigenvalue weighted by atomic mass is 10.1. The van der Waals surface area contributed by atoms with Crippen molar-refractivity contribution in [3.05, 3.63) is 35.9 Å². The van der Waals surface area contributed by atoms with Gasteiger partial charge in [0.25, 0.3) is 0 Å². The van der Waals surface area contributed by atoms with Gasteiger partial charge in [0, 0.05) is 13.2 Å². The number of nitrogens with one attached hydrogen (secondary N) is 1. The predicted molar refractivity (Wildman–Crippen MR) is 96.9 cm³/mol. The van der Waals surface area contributed by atoms with E-state index in [0.717, 1.165) is 12.8 Å². The number of carbonyl (C=O) groups is 2. The molecule has 1 aliphatic rings. The zero-order valence-corrected chi connectivity index (χ0v) is 15.1. The molecule has 0 bridgehead atoms. The lowest BCUT2D eigenvalue weighted by Crippen LogP contribution is -2.50. The highest BCUT2D eigenvalue weighted by atomic mass is 16.5. The van der Waals surface area contributed by atoms with Gasteiger partial charge in [0.2, 0.25) is 11.8 Å². The van der Waals surface area contributed by atoms with Crippen molar-refractivity contribution in [2.75, 3.05) is 26.3 Å². The standard InChI is InChI=1S/C19H29N3O3/c1-14(2)18(20)19(24)21-12-17(23)22(16-9-11-25-13-16)10-8-15-6-4-3-5-7-15/h3-7,14,16,18H,8-13,20H2,1-2H3,(H,21,24)/t16?,18-/m0/s1. The first-order valence-corrected chi connectivity index (χ1v) is 8.93. The van der Waals surface area contributed by atoms with E-state index in [-0.39, 0.29) is 30.3 Å². The van der Waals surface area contributed by atoms with Crippen molar-refractivity contribution in [3.63, 3.8) is 0 Å². The van der Waals surface area contributed by atoms with Gasteiger partial charge in [0.15, 0.2) is 0 Å². The summed E-state index contributed by atoms with van der Waals surface area (Å²) in [5.74, 6) is -0.336. The number of ether oxygens (including phenoxy) is 1. The topological polar surface area (TPSA) is 84.7 Å². The molecule has 0 spiro atoms. The normalized spacial score (nSPS) is 18.2. The molecule has 0 saturated carbocycles. The van der Waals surface area contributed by atoms with Crippen molar-refractivity contribution < 1.29 is 14.3 Å². The third-order valence-electron chi connectivity index (χ3n) is 4.59. The van der Waals surface area contributed by atoms with Crippen molar-refractivity contribution in [2.45, 2.75) is 38.8 Å². The molecule has 0 radical (unpaired) electrons. The second kappa shape index (κ2) is 9.53. The lowest BCUT2D eigenvalue weighted by molar-refractivity contribution is -0.135. The Morgan fingerprint density at radius 3 is 2.64 bits per heavy atom. The van der Waals surface area contributed by atoms with Gasteiger partial charge in [0.1, 0.15) is 0 Å². The summed E-state index contributed by atoms with van der Waals surface area (Å²) in [6.07, 6.45) is 1.61.